The maximum atomic E-state index is 12.7. The number of hydrogen-bond acceptors (Lipinski definition) is 4. The molecule has 0 radical (unpaired) electrons. The van der Waals surface area contributed by atoms with Gasteiger partial charge in [-0.05, 0) is 67.1 Å². The number of carbonyl (C=O) groups is 3. The summed E-state index contributed by atoms with van der Waals surface area (Å²) in [4.78, 5) is 38.2. The van der Waals surface area contributed by atoms with Crippen LogP contribution in [-0.2, 0) is 14.4 Å². The van der Waals surface area contributed by atoms with Crippen LogP contribution in [0.4, 0.5) is 0 Å². The van der Waals surface area contributed by atoms with E-state index in [0.29, 0.717) is 29.6 Å². The predicted octanol–water partition coefficient (Wildman–Crippen LogP) is 3.92. The highest BCUT2D eigenvalue weighted by molar-refractivity contribution is 6.29. The van der Waals surface area contributed by atoms with Gasteiger partial charge >= 0.3 is 0 Å². The molecule has 2 amide bonds. The van der Waals surface area contributed by atoms with Crippen molar-refractivity contribution in [3.8, 4) is 0 Å². The average molecular weight is 373 g/mol. The van der Waals surface area contributed by atoms with Crippen LogP contribution in [0.5, 0.6) is 0 Å². The monoisotopic (exact) mass is 373 g/mol. The molecule has 148 valence electrons. The van der Waals surface area contributed by atoms with Gasteiger partial charge < -0.3 is 5.11 Å². The number of allylic oxidation sites excluding steroid dienone is 1. The topological polar surface area (TPSA) is 74.7 Å². The summed E-state index contributed by atoms with van der Waals surface area (Å²) < 4.78 is 0. The third kappa shape index (κ3) is 3.03. The summed E-state index contributed by atoms with van der Waals surface area (Å²) in [6.45, 7) is 6.38. The normalized spacial score (nSPS) is 42.2. The van der Waals surface area contributed by atoms with Crippen molar-refractivity contribution in [1.82, 2.24) is 4.90 Å². The minimum absolute atomic E-state index is 0.0125. The number of nitrogens with zero attached hydrogens (tertiary/aromatic N) is 1. The highest BCUT2D eigenvalue weighted by atomic mass is 16.3. The Bertz CT molecular complexity index is 733. The standard InChI is InChI=1S/C22H31NO4/c1-4-5-17(26)23-10-16(25)18(19(23)27)15(24)9-22-8-14-6-20(2,12-22)11-21(3,7-14)13-22/h14,24H,4-13H2,1-3H3/b18-15+. The molecule has 5 rings (SSSR count). The minimum atomic E-state index is -0.599. The van der Waals surface area contributed by atoms with E-state index >= 15 is 0 Å². The zero-order valence-corrected chi connectivity index (χ0v) is 16.8. The summed E-state index contributed by atoms with van der Waals surface area (Å²) in [5, 5.41) is 10.8. The highest BCUT2D eigenvalue weighted by Crippen LogP contribution is 2.70. The van der Waals surface area contributed by atoms with Crippen molar-refractivity contribution >= 4 is 17.6 Å². The molecule has 1 aliphatic heterocycles. The van der Waals surface area contributed by atoms with E-state index in [2.05, 4.69) is 13.8 Å². The fourth-order valence-corrected chi connectivity index (χ4v) is 7.71. The van der Waals surface area contributed by atoms with Crippen LogP contribution in [0.2, 0.25) is 0 Å². The number of Topliss-reactive ketones (excluding diaryl/α,β-unsaturated/α-hetero) is 1. The van der Waals surface area contributed by atoms with Gasteiger partial charge in [0.25, 0.3) is 5.91 Å². The van der Waals surface area contributed by atoms with Gasteiger partial charge in [0.05, 0.1) is 6.54 Å². The number of aliphatic hydroxyl groups excluding tert-OH is 1. The Kier molecular flexibility index (Phi) is 4.10. The zero-order valence-electron chi connectivity index (χ0n) is 16.8. The summed E-state index contributed by atoms with van der Waals surface area (Å²) >= 11 is 0. The van der Waals surface area contributed by atoms with E-state index in [9.17, 15) is 19.5 Å². The summed E-state index contributed by atoms with van der Waals surface area (Å²) in [7, 11) is 0. The molecule has 4 saturated carbocycles. The van der Waals surface area contributed by atoms with Crippen molar-refractivity contribution in [2.45, 2.75) is 78.6 Å². The molecular weight excluding hydrogens is 342 g/mol. The molecular formula is C22H31NO4. The number of imide groups is 1. The molecule has 2 atom stereocenters. The second-order valence-corrected chi connectivity index (χ2v) is 10.6. The van der Waals surface area contributed by atoms with E-state index in [4.69, 9.17) is 0 Å². The number of amides is 2. The van der Waals surface area contributed by atoms with Gasteiger partial charge in [0.1, 0.15) is 11.3 Å². The van der Waals surface area contributed by atoms with Gasteiger partial charge in [-0.15, -0.1) is 0 Å². The van der Waals surface area contributed by atoms with Crippen LogP contribution in [0.15, 0.2) is 11.3 Å². The molecule has 5 nitrogen and oxygen atoms in total. The number of ketones is 1. The van der Waals surface area contributed by atoms with Crippen LogP contribution in [-0.4, -0.2) is 34.1 Å². The summed E-state index contributed by atoms with van der Waals surface area (Å²) in [6.07, 6.45) is 8.24. The van der Waals surface area contributed by atoms with Crippen LogP contribution in [0.25, 0.3) is 0 Å². The van der Waals surface area contributed by atoms with Crippen molar-refractivity contribution in [1.29, 1.82) is 0 Å². The fraction of sp³-hybridized carbons (Fsp3) is 0.773. The van der Waals surface area contributed by atoms with Gasteiger partial charge in [-0.2, -0.15) is 0 Å². The number of rotatable bonds is 4. The van der Waals surface area contributed by atoms with E-state index in [0.717, 1.165) is 24.2 Å². The lowest BCUT2D eigenvalue weighted by molar-refractivity contribution is -0.146. The number of carbonyl (C=O) groups excluding carboxylic acids is 3. The first-order valence-electron chi connectivity index (χ1n) is 10.4. The molecule has 4 bridgehead atoms. The summed E-state index contributed by atoms with van der Waals surface area (Å²) in [6, 6.07) is 0. The first-order chi connectivity index (χ1) is 12.6. The third-order valence-corrected chi connectivity index (χ3v) is 7.38. The smallest absolute Gasteiger partial charge is 0.268 e. The Morgan fingerprint density at radius 3 is 2.30 bits per heavy atom. The highest BCUT2D eigenvalue weighted by Gasteiger charge is 2.60. The van der Waals surface area contributed by atoms with Crippen molar-refractivity contribution < 1.29 is 19.5 Å². The predicted molar refractivity (Wildman–Crippen MR) is 101 cm³/mol. The Hall–Kier alpha value is -1.65. The van der Waals surface area contributed by atoms with Gasteiger partial charge in [-0.25, -0.2) is 0 Å². The molecule has 5 fully saturated rings. The molecule has 1 heterocycles. The Labute approximate surface area is 161 Å². The molecule has 2 unspecified atom stereocenters. The van der Waals surface area contributed by atoms with Crippen molar-refractivity contribution in [3.63, 3.8) is 0 Å². The maximum Gasteiger partial charge on any atom is 0.268 e. The lowest BCUT2D eigenvalue weighted by Crippen LogP contribution is -2.55. The minimum Gasteiger partial charge on any atom is -0.511 e. The first kappa shape index (κ1) is 18.7. The fourth-order valence-electron chi connectivity index (χ4n) is 7.71. The van der Waals surface area contributed by atoms with Crippen LogP contribution in [0.3, 0.4) is 0 Å². The average Bonchev–Trinajstić information content (AvgIpc) is 2.78. The molecule has 5 aliphatic rings. The van der Waals surface area contributed by atoms with Crippen molar-refractivity contribution in [2.75, 3.05) is 6.54 Å². The first-order valence-corrected chi connectivity index (χ1v) is 10.4. The number of aliphatic hydroxyl groups is 1. The molecule has 0 aromatic heterocycles. The molecule has 0 aromatic rings. The van der Waals surface area contributed by atoms with Crippen LogP contribution in [0.1, 0.15) is 78.6 Å². The Balaban J connectivity index is 1.60. The summed E-state index contributed by atoms with van der Waals surface area (Å²) in [5.41, 5.74) is 0.477. The van der Waals surface area contributed by atoms with E-state index < -0.39 is 11.7 Å². The van der Waals surface area contributed by atoms with Gasteiger partial charge in [-0.3, -0.25) is 19.3 Å². The van der Waals surface area contributed by atoms with E-state index in [-0.39, 0.29) is 35.6 Å². The molecule has 5 heteroatoms. The molecule has 4 aliphatic carbocycles. The van der Waals surface area contributed by atoms with Crippen molar-refractivity contribution in [2.24, 2.45) is 22.2 Å². The zero-order chi connectivity index (χ0) is 19.6. The second kappa shape index (κ2) is 5.92. The van der Waals surface area contributed by atoms with E-state index in [1.807, 2.05) is 6.92 Å². The Morgan fingerprint density at radius 2 is 1.74 bits per heavy atom. The van der Waals surface area contributed by atoms with Gasteiger partial charge in [0.2, 0.25) is 5.91 Å². The summed E-state index contributed by atoms with van der Waals surface area (Å²) in [5.74, 6) is -0.728. The van der Waals surface area contributed by atoms with E-state index in [1.165, 1.54) is 19.3 Å². The second-order valence-electron chi connectivity index (χ2n) is 10.6. The van der Waals surface area contributed by atoms with Crippen LogP contribution < -0.4 is 0 Å². The maximum absolute atomic E-state index is 12.7. The largest absolute Gasteiger partial charge is 0.511 e. The van der Waals surface area contributed by atoms with Crippen LogP contribution in [0, 0.1) is 22.2 Å². The van der Waals surface area contributed by atoms with Crippen LogP contribution >= 0.6 is 0 Å². The molecule has 1 saturated heterocycles. The lowest BCUT2D eigenvalue weighted by Gasteiger charge is -2.65. The quantitative estimate of drug-likeness (QED) is 0.460. The third-order valence-electron chi connectivity index (χ3n) is 7.38. The molecule has 0 aromatic carbocycles. The van der Waals surface area contributed by atoms with Gasteiger partial charge in [0.15, 0.2) is 5.78 Å². The van der Waals surface area contributed by atoms with Crippen molar-refractivity contribution in [3.05, 3.63) is 11.3 Å². The lowest BCUT2D eigenvalue weighted by atomic mass is 9.40. The SMILES string of the molecule is CCCC(=O)N1CC(=O)/C(=C(\O)CC23CC4CC(C)(CC(C)(C4)C2)C3)C1=O. The van der Waals surface area contributed by atoms with Gasteiger partial charge in [0, 0.05) is 12.8 Å². The molecule has 27 heavy (non-hydrogen) atoms. The number of likely N-dealkylation sites (tertiary alicyclic amines) is 1. The van der Waals surface area contributed by atoms with E-state index in [1.54, 1.807) is 0 Å². The molecule has 0 spiro atoms. The Morgan fingerprint density at radius 1 is 1.11 bits per heavy atom. The van der Waals surface area contributed by atoms with Gasteiger partial charge in [-0.1, -0.05) is 20.8 Å². The number of hydrogen-bond donors (Lipinski definition) is 1. The molecule has 1 N–H and O–H groups in total.